The molecule has 0 unspecified atom stereocenters. The molecule has 11 heteroatoms. The van der Waals surface area contributed by atoms with Crippen molar-refractivity contribution < 1.29 is 9.72 Å². The molecule has 2 aliphatic rings. The molecule has 3 aromatic rings. The highest BCUT2D eigenvalue weighted by Gasteiger charge is 2.28. The number of carbonyl (C=O) groups excluding carboxylic acids is 1. The highest BCUT2D eigenvalue weighted by molar-refractivity contribution is 6.00. The van der Waals surface area contributed by atoms with Gasteiger partial charge in [-0.15, -0.1) is 0 Å². The molecule has 0 aliphatic carbocycles. The highest BCUT2D eigenvalue weighted by atomic mass is 16.6. The van der Waals surface area contributed by atoms with Crippen molar-refractivity contribution in [3.8, 4) is 0 Å². The van der Waals surface area contributed by atoms with Gasteiger partial charge in [-0.1, -0.05) is 0 Å². The number of nitro benzene ring substituents is 1. The number of non-ortho nitro benzene ring substituents is 1. The number of aryl methyl sites for hydroxylation is 1. The Morgan fingerprint density at radius 1 is 1.00 bits per heavy atom. The van der Waals surface area contributed by atoms with Crippen LogP contribution in [0.3, 0.4) is 0 Å². The summed E-state index contributed by atoms with van der Waals surface area (Å²) in [4.78, 5) is 39.2. The van der Waals surface area contributed by atoms with Crippen molar-refractivity contribution in [2.24, 2.45) is 0 Å². The maximum Gasteiger partial charge on any atom is 0.270 e. The fraction of sp³-hybridized carbons (Fsp3) is 0.455. The molecule has 0 bridgehead atoms. The van der Waals surface area contributed by atoms with Gasteiger partial charge in [0.05, 0.1) is 16.2 Å². The number of hydrogen-bond acceptors (Lipinski definition) is 8. The van der Waals surface area contributed by atoms with E-state index in [-0.39, 0.29) is 11.6 Å². The average Bonchev–Trinajstić information content (AvgIpc) is 3.32. The Morgan fingerprint density at radius 3 is 2.48 bits per heavy atom. The molecule has 0 saturated carbocycles. The number of carbonyl (C=O) groups is 1. The number of hydrogen-bond donors (Lipinski definition) is 0. The Balaban J connectivity index is 1.37. The molecule has 0 radical (unpaired) electrons. The van der Waals surface area contributed by atoms with Crippen LogP contribution in [0.25, 0.3) is 5.78 Å². The number of piperazine rings is 1. The van der Waals surface area contributed by atoms with Crippen LogP contribution in [0.4, 0.5) is 17.2 Å². The first-order chi connectivity index (χ1) is 16.0. The standard InChI is InChI=1S/C22H26N8O3/c1-16-13-20(29-22(25-16)23-15-24-29)27-9-11-28(12-10-27)21(31)18-14-17(30(32)33)5-6-19(18)26-7-3-2-4-8-26/h5-6,13-15H,2-4,7-12H2,1H3. The summed E-state index contributed by atoms with van der Waals surface area (Å²) in [6.45, 7) is 5.91. The fourth-order valence-corrected chi connectivity index (χ4v) is 4.66. The molecule has 0 atom stereocenters. The zero-order chi connectivity index (χ0) is 22.9. The molecule has 1 aromatic carbocycles. The lowest BCUT2D eigenvalue weighted by Gasteiger charge is -2.37. The minimum Gasteiger partial charge on any atom is -0.371 e. The van der Waals surface area contributed by atoms with E-state index in [1.54, 1.807) is 15.5 Å². The lowest BCUT2D eigenvalue weighted by atomic mass is 10.0. The molecule has 33 heavy (non-hydrogen) atoms. The molecule has 2 aliphatic heterocycles. The molecular weight excluding hydrogens is 424 g/mol. The van der Waals surface area contributed by atoms with E-state index in [1.807, 2.05) is 13.0 Å². The molecule has 2 saturated heterocycles. The Kier molecular flexibility index (Phi) is 5.53. The Hall–Kier alpha value is -3.76. The fourth-order valence-electron chi connectivity index (χ4n) is 4.66. The van der Waals surface area contributed by atoms with E-state index < -0.39 is 4.92 Å². The van der Waals surface area contributed by atoms with E-state index in [0.717, 1.165) is 43.1 Å². The number of benzene rings is 1. The van der Waals surface area contributed by atoms with Gasteiger partial charge in [-0.05, 0) is 32.3 Å². The maximum absolute atomic E-state index is 13.5. The number of fused-ring (bicyclic) bond motifs is 1. The van der Waals surface area contributed by atoms with Crippen molar-refractivity contribution in [1.82, 2.24) is 24.5 Å². The maximum atomic E-state index is 13.5. The predicted octanol–water partition coefficient (Wildman–Crippen LogP) is 2.29. The van der Waals surface area contributed by atoms with Gasteiger partial charge in [0.15, 0.2) is 0 Å². The van der Waals surface area contributed by atoms with Gasteiger partial charge in [0.25, 0.3) is 17.4 Å². The molecule has 1 amide bonds. The largest absolute Gasteiger partial charge is 0.371 e. The highest BCUT2D eigenvalue weighted by Crippen LogP contribution is 2.29. The van der Waals surface area contributed by atoms with Crippen LogP contribution in [0.1, 0.15) is 35.3 Å². The molecule has 0 N–H and O–H groups in total. The zero-order valence-electron chi connectivity index (χ0n) is 18.6. The molecule has 172 valence electrons. The summed E-state index contributed by atoms with van der Waals surface area (Å²) in [5.74, 6) is 1.29. The van der Waals surface area contributed by atoms with Crippen LogP contribution < -0.4 is 9.80 Å². The van der Waals surface area contributed by atoms with Crippen molar-refractivity contribution in [3.63, 3.8) is 0 Å². The van der Waals surface area contributed by atoms with Crippen molar-refractivity contribution in [1.29, 1.82) is 0 Å². The molecule has 2 fully saturated rings. The average molecular weight is 451 g/mol. The Labute approximate surface area is 190 Å². The minimum absolute atomic E-state index is 0.0569. The van der Waals surface area contributed by atoms with Crippen LogP contribution >= 0.6 is 0 Å². The van der Waals surface area contributed by atoms with Crippen LogP contribution in [0, 0.1) is 17.0 Å². The summed E-state index contributed by atoms with van der Waals surface area (Å²) >= 11 is 0. The smallest absolute Gasteiger partial charge is 0.270 e. The van der Waals surface area contributed by atoms with Crippen molar-refractivity contribution in [2.75, 3.05) is 49.1 Å². The topological polar surface area (TPSA) is 113 Å². The van der Waals surface area contributed by atoms with E-state index in [4.69, 9.17) is 0 Å². The number of piperidine rings is 1. The van der Waals surface area contributed by atoms with Gasteiger partial charge in [-0.3, -0.25) is 14.9 Å². The van der Waals surface area contributed by atoms with Crippen LogP contribution in [0.15, 0.2) is 30.6 Å². The van der Waals surface area contributed by atoms with E-state index in [2.05, 4.69) is 24.9 Å². The summed E-state index contributed by atoms with van der Waals surface area (Å²) in [5, 5.41) is 15.7. The number of anilines is 2. The molecule has 2 aromatic heterocycles. The van der Waals surface area contributed by atoms with Crippen LogP contribution in [-0.2, 0) is 0 Å². The minimum atomic E-state index is -0.441. The molecule has 4 heterocycles. The lowest BCUT2D eigenvalue weighted by molar-refractivity contribution is -0.384. The number of rotatable bonds is 4. The van der Waals surface area contributed by atoms with Crippen LogP contribution in [-0.4, -0.2) is 74.6 Å². The first-order valence-electron chi connectivity index (χ1n) is 11.3. The molecule has 0 spiro atoms. The first kappa shape index (κ1) is 21.1. The van der Waals surface area contributed by atoms with Gasteiger partial charge >= 0.3 is 0 Å². The Bertz CT molecular complexity index is 1200. The van der Waals surface area contributed by atoms with E-state index in [9.17, 15) is 14.9 Å². The lowest BCUT2D eigenvalue weighted by Crippen LogP contribution is -2.49. The summed E-state index contributed by atoms with van der Waals surface area (Å²) in [5.41, 5.74) is 2.00. The van der Waals surface area contributed by atoms with Gasteiger partial charge in [-0.25, -0.2) is 4.98 Å². The van der Waals surface area contributed by atoms with Gasteiger partial charge in [0.2, 0.25) is 0 Å². The van der Waals surface area contributed by atoms with Gasteiger partial charge in [-0.2, -0.15) is 14.6 Å². The van der Waals surface area contributed by atoms with Crippen LogP contribution in [0.5, 0.6) is 0 Å². The van der Waals surface area contributed by atoms with Gasteiger partial charge < -0.3 is 14.7 Å². The predicted molar refractivity (Wildman–Crippen MR) is 123 cm³/mol. The number of amides is 1. The van der Waals surface area contributed by atoms with Crippen molar-refractivity contribution >= 4 is 28.9 Å². The summed E-state index contributed by atoms with van der Waals surface area (Å²) < 4.78 is 1.71. The van der Waals surface area contributed by atoms with E-state index in [1.165, 1.54) is 24.9 Å². The summed E-state index contributed by atoms with van der Waals surface area (Å²) in [7, 11) is 0. The molecule has 5 rings (SSSR count). The van der Waals surface area contributed by atoms with Crippen LogP contribution in [0.2, 0.25) is 0 Å². The number of nitrogens with zero attached hydrogens (tertiary/aromatic N) is 8. The quantitative estimate of drug-likeness (QED) is 0.440. The normalized spacial score (nSPS) is 16.9. The van der Waals surface area contributed by atoms with Crippen molar-refractivity contribution in [3.05, 3.63) is 52.0 Å². The molecule has 11 nitrogen and oxygen atoms in total. The number of nitro groups is 1. The second kappa shape index (κ2) is 8.64. The summed E-state index contributed by atoms with van der Waals surface area (Å²) in [6, 6.07) is 6.62. The SMILES string of the molecule is Cc1cc(N2CCN(C(=O)c3cc([N+](=O)[O-])ccc3N3CCCCC3)CC2)n2ncnc2n1. The van der Waals surface area contributed by atoms with E-state index >= 15 is 0 Å². The zero-order valence-corrected chi connectivity index (χ0v) is 18.6. The molecular formula is C22H26N8O3. The number of aromatic nitrogens is 4. The monoisotopic (exact) mass is 450 g/mol. The van der Waals surface area contributed by atoms with Gasteiger partial charge in [0, 0.05) is 63.2 Å². The second-order valence-electron chi connectivity index (χ2n) is 8.51. The third kappa shape index (κ3) is 4.06. The summed E-state index contributed by atoms with van der Waals surface area (Å²) in [6.07, 6.45) is 4.77. The third-order valence-electron chi connectivity index (χ3n) is 6.37. The Morgan fingerprint density at radius 2 is 1.76 bits per heavy atom. The first-order valence-corrected chi connectivity index (χ1v) is 11.3. The third-order valence-corrected chi connectivity index (χ3v) is 6.37. The van der Waals surface area contributed by atoms with E-state index in [0.29, 0.717) is 37.5 Å². The van der Waals surface area contributed by atoms with Gasteiger partial charge in [0.1, 0.15) is 12.1 Å². The van der Waals surface area contributed by atoms with Crippen molar-refractivity contribution in [2.45, 2.75) is 26.2 Å². The second-order valence-corrected chi connectivity index (χ2v) is 8.51.